The third-order valence-electron chi connectivity index (χ3n) is 3.24. The molecule has 0 atom stereocenters. The zero-order chi connectivity index (χ0) is 10.7. The number of nitrogens with zero attached hydrogens (tertiary/aromatic N) is 2. The van der Waals surface area contributed by atoms with Gasteiger partial charge in [-0.25, -0.2) is 9.78 Å². The topological polar surface area (TPSA) is 34.9 Å². The Morgan fingerprint density at radius 1 is 1.47 bits per heavy atom. The largest absolute Gasteiger partial charge is 0.347 e. The van der Waals surface area contributed by atoms with E-state index in [-0.39, 0.29) is 11.1 Å². The molecule has 0 N–H and O–H groups in total. The van der Waals surface area contributed by atoms with Crippen molar-refractivity contribution in [1.29, 1.82) is 0 Å². The molecule has 2 rings (SSSR count). The molecule has 82 valence electrons. The first kappa shape index (κ1) is 10.9. The second-order valence-electron chi connectivity index (χ2n) is 4.37. The van der Waals surface area contributed by atoms with E-state index in [4.69, 9.17) is 0 Å². The molecule has 0 amide bonds. The number of alkyl halides is 1. The summed E-state index contributed by atoms with van der Waals surface area (Å²) in [4.78, 5) is 15.3. The van der Waals surface area contributed by atoms with E-state index in [1.807, 2.05) is 12.3 Å². The highest BCUT2D eigenvalue weighted by Crippen LogP contribution is 2.40. The third kappa shape index (κ3) is 2.30. The summed E-state index contributed by atoms with van der Waals surface area (Å²) in [5.74, 6) is 0. The number of rotatable bonds is 3. The molecule has 0 aliphatic heterocycles. The van der Waals surface area contributed by atoms with E-state index in [1.165, 1.54) is 25.7 Å². The van der Waals surface area contributed by atoms with Crippen LogP contribution in [0.1, 0.15) is 25.7 Å². The minimum atomic E-state index is -0.135. The normalized spacial score (nSPS) is 19.3. The molecule has 1 fully saturated rings. The van der Waals surface area contributed by atoms with Gasteiger partial charge in [0.25, 0.3) is 0 Å². The zero-order valence-corrected chi connectivity index (χ0v) is 10.2. The summed E-state index contributed by atoms with van der Waals surface area (Å²) in [6, 6.07) is 1.82. The Labute approximate surface area is 97.7 Å². The molecule has 3 nitrogen and oxygen atoms in total. The minimum Gasteiger partial charge on any atom is -0.299 e. The van der Waals surface area contributed by atoms with Crippen LogP contribution in [0.25, 0.3) is 0 Å². The molecule has 0 spiro atoms. The van der Waals surface area contributed by atoms with E-state index < -0.39 is 0 Å². The van der Waals surface area contributed by atoms with Crippen LogP contribution in [-0.2, 0) is 6.54 Å². The van der Waals surface area contributed by atoms with Crippen molar-refractivity contribution < 1.29 is 0 Å². The first-order valence-corrected chi connectivity index (χ1v) is 6.45. The van der Waals surface area contributed by atoms with Gasteiger partial charge in [0.2, 0.25) is 0 Å². The van der Waals surface area contributed by atoms with E-state index in [9.17, 15) is 4.79 Å². The Morgan fingerprint density at radius 2 is 2.20 bits per heavy atom. The monoisotopic (exact) mass is 270 g/mol. The van der Waals surface area contributed by atoms with Crippen LogP contribution < -0.4 is 5.69 Å². The molecule has 4 heteroatoms. The van der Waals surface area contributed by atoms with Crippen LogP contribution in [0, 0.1) is 5.41 Å². The maximum absolute atomic E-state index is 11.5. The molecular formula is C11H15BrN2O. The van der Waals surface area contributed by atoms with Gasteiger partial charge in [0.1, 0.15) is 0 Å². The highest BCUT2D eigenvalue weighted by molar-refractivity contribution is 9.09. The smallest absolute Gasteiger partial charge is 0.299 e. The SMILES string of the molecule is O=c1ncccn1CC1(CBr)CCCC1. The van der Waals surface area contributed by atoms with Crippen molar-refractivity contribution in [3.63, 3.8) is 0 Å². The summed E-state index contributed by atoms with van der Waals surface area (Å²) in [6.45, 7) is 0.797. The van der Waals surface area contributed by atoms with Gasteiger partial charge >= 0.3 is 5.69 Å². The molecule has 1 aliphatic carbocycles. The second-order valence-corrected chi connectivity index (χ2v) is 4.93. The van der Waals surface area contributed by atoms with Gasteiger partial charge in [0, 0.05) is 24.3 Å². The Hall–Kier alpha value is -0.640. The lowest BCUT2D eigenvalue weighted by Gasteiger charge is -2.26. The average molecular weight is 271 g/mol. The Bertz CT molecular complexity index is 382. The molecule has 0 saturated heterocycles. The zero-order valence-electron chi connectivity index (χ0n) is 8.66. The Kier molecular flexibility index (Phi) is 3.24. The van der Waals surface area contributed by atoms with E-state index >= 15 is 0 Å². The summed E-state index contributed by atoms with van der Waals surface area (Å²) in [5.41, 5.74) is 0.136. The van der Waals surface area contributed by atoms with E-state index in [2.05, 4.69) is 20.9 Å². The van der Waals surface area contributed by atoms with Crippen molar-refractivity contribution in [2.45, 2.75) is 32.2 Å². The quantitative estimate of drug-likeness (QED) is 0.790. The summed E-state index contributed by atoms with van der Waals surface area (Å²) in [7, 11) is 0. The first-order valence-electron chi connectivity index (χ1n) is 5.33. The lowest BCUT2D eigenvalue weighted by Crippen LogP contribution is -2.32. The summed E-state index contributed by atoms with van der Waals surface area (Å²) >= 11 is 3.58. The van der Waals surface area contributed by atoms with E-state index in [0.29, 0.717) is 0 Å². The molecule has 0 bridgehead atoms. The van der Waals surface area contributed by atoms with Gasteiger partial charge in [0.15, 0.2) is 0 Å². The molecule has 0 aromatic carbocycles. The number of aromatic nitrogens is 2. The van der Waals surface area contributed by atoms with Crippen molar-refractivity contribution in [1.82, 2.24) is 9.55 Å². The fourth-order valence-corrected chi connectivity index (χ4v) is 3.07. The second kappa shape index (κ2) is 4.47. The fraction of sp³-hybridized carbons (Fsp3) is 0.636. The van der Waals surface area contributed by atoms with Gasteiger partial charge in [-0.15, -0.1) is 0 Å². The summed E-state index contributed by atoms with van der Waals surface area (Å²) in [6.07, 6.45) is 8.35. The fourth-order valence-electron chi connectivity index (χ4n) is 2.33. The molecule has 0 radical (unpaired) electrons. The molecule has 1 heterocycles. The van der Waals surface area contributed by atoms with Crippen molar-refractivity contribution in [3.05, 3.63) is 28.9 Å². The summed E-state index contributed by atoms with van der Waals surface area (Å²) < 4.78 is 1.73. The number of hydrogen-bond donors (Lipinski definition) is 0. The first-order chi connectivity index (χ1) is 7.26. The van der Waals surface area contributed by atoms with Crippen molar-refractivity contribution in [3.8, 4) is 0 Å². The Balaban J connectivity index is 2.20. The lowest BCUT2D eigenvalue weighted by atomic mass is 9.89. The predicted molar refractivity (Wildman–Crippen MR) is 63.2 cm³/mol. The van der Waals surface area contributed by atoms with Gasteiger partial charge in [-0.2, -0.15) is 0 Å². The van der Waals surface area contributed by atoms with Gasteiger partial charge in [0.05, 0.1) is 0 Å². The average Bonchev–Trinajstić information content (AvgIpc) is 2.71. The van der Waals surface area contributed by atoms with Crippen LogP contribution >= 0.6 is 15.9 Å². The highest BCUT2D eigenvalue weighted by Gasteiger charge is 2.33. The van der Waals surface area contributed by atoms with Crippen molar-refractivity contribution in [2.24, 2.45) is 5.41 Å². The van der Waals surface area contributed by atoms with E-state index in [0.717, 1.165) is 11.9 Å². The Morgan fingerprint density at radius 3 is 2.80 bits per heavy atom. The molecule has 1 aromatic heterocycles. The van der Waals surface area contributed by atoms with Crippen molar-refractivity contribution >= 4 is 15.9 Å². The van der Waals surface area contributed by atoms with Crippen LogP contribution in [-0.4, -0.2) is 14.9 Å². The van der Waals surface area contributed by atoms with Gasteiger partial charge in [-0.3, -0.25) is 4.57 Å². The maximum atomic E-state index is 11.5. The van der Waals surface area contributed by atoms with Gasteiger partial charge < -0.3 is 0 Å². The van der Waals surface area contributed by atoms with Crippen LogP contribution in [0.2, 0.25) is 0 Å². The molecule has 0 unspecified atom stereocenters. The lowest BCUT2D eigenvalue weighted by molar-refractivity contribution is 0.286. The third-order valence-corrected chi connectivity index (χ3v) is 4.43. The van der Waals surface area contributed by atoms with Crippen LogP contribution in [0.3, 0.4) is 0 Å². The molecular weight excluding hydrogens is 256 g/mol. The van der Waals surface area contributed by atoms with Crippen molar-refractivity contribution in [2.75, 3.05) is 5.33 Å². The maximum Gasteiger partial charge on any atom is 0.347 e. The number of hydrogen-bond acceptors (Lipinski definition) is 2. The standard InChI is InChI=1S/C11H15BrN2O/c12-8-11(4-1-2-5-11)9-14-7-3-6-13-10(14)15/h3,6-7H,1-2,4-5,8-9H2. The molecule has 1 aromatic rings. The van der Waals surface area contributed by atoms with Gasteiger partial charge in [-0.05, 0) is 24.3 Å². The molecule has 1 aliphatic rings. The molecule has 15 heavy (non-hydrogen) atoms. The van der Waals surface area contributed by atoms with E-state index in [1.54, 1.807) is 10.8 Å². The van der Waals surface area contributed by atoms with Crippen LogP contribution in [0.15, 0.2) is 23.3 Å². The molecule has 1 saturated carbocycles. The number of halogens is 1. The van der Waals surface area contributed by atoms with Crippen LogP contribution in [0.5, 0.6) is 0 Å². The van der Waals surface area contributed by atoms with Crippen LogP contribution in [0.4, 0.5) is 0 Å². The summed E-state index contributed by atoms with van der Waals surface area (Å²) in [5, 5.41) is 0.974. The highest BCUT2D eigenvalue weighted by atomic mass is 79.9. The van der Waals surface area contributed by atoms with Gasteiger partial charge in [-0.1, -0.05) is 28.8 Å². The minimum absolute atomic E-state index is 0.135. The predicted octanol–water partition coefficient (Wildman–Crippen LogP) is 2.20.